The van der Waals surface area contributed by atoms with Crippen molar-refractivity contribution in [2.24, 2.45) is 5.73 Å². The molecule has 0 saturated carbocycles. The molecule has 0 aliphatic heterocycles. The molecule has 0 radical (unpaired) electrons. The van der Waals surface area contributed by atoms with Gasteiger partial charge in [0.2, 0.25) is 0 Å². The minimum absolute atomic E-state index is 0.203. The van der Waals surface area contributed by atoms with Gasteiger partial charge >= 0.3 is 0 Å². The molecule has 0 spiro atoms. The van der Waals surface area contributed by atoms with Gasteiger partial charge in [-0.1, -0.05) is 13.8 Å². The van der Waals surface area contributed by atoms with Crippen LogP contribution in [0.4, 0.5) is 0 Å². The summed E-state index contributed by atoms with van der Waals surface area (Å²) in [6, 6.07) is 0. The van der Waals surface area contributed by atoms with Crippen LogP contribution >= 0.6 is 0 Å². The van der Waals surface area contributed by atoms with Gasteiger partial charge in [-0.05, 0) is 27.4 Å². The number of nitrogens with two attached hydrogens (primary N) is 1. The minimum Gasteiger partial charge on any atom is -0.474 e. The first kappa shape index (κ1) is 12.1. The fourth-order valence-electron chi connectivity index (χ4n) is 0.393. The van der Waals surface area contributed by atoms with Crippen LogP contribution in [-0.2, 0) is 4.74 Å². The highest BCUT2D eigenvalue weighted by molar-refractivity contribution is 4.76. The summed E-state index contributed by atoms with van der Waals surface area (Å²) in [7, 11) is 0. The van der Waals surface area contributed by atoms with E-state index < -0.39 is 0 Å². The largest absolute Gasteiger partial charge is 0.474 e. The van der Waals surface area contributed by atoms with Crippen molar-refractivity contribution < 1.29 is 4.74 Å². The summed E-state index contributed by atoms with van der Waals surface area (Å²) < 4.78 is 5.02. The molecule has 2 N–H and O–H groups in total. The Labute approximate surface area is 64.1 Å². The second kappa shape index (κ2) is 5.15. The first-order chi connectivity index (χ1) is 4.42. The van der Waals surface area contributed by atoms with Gasteiger partial charge in [0, 0.05) is 0 Å². The van der Waals surface area contributed by atoms with E-state index in [4.69, 9.17) is 10.5 Å². The summed E-state index contributed by atoms with van der Waals surface area (Å²) in [5, 5.41) is 0. The Kier molecular flexibility index (Phi) is 6.21. The maximum atomic E-state index is 5.16. The predicted octanol–water partition coefficient (Wildman–Crippen LogP) is 2.26. The third-order valence-corrected chi connectivity index (χ3v) is 0.437. The van der Waals surface area contributed by atoms with E-state index in [0.29, 0.717) is 0 Å². The highest BCUT2D eigenvalue weighted by Gasteiger charge is 2.09. The van der Waals surface area contributed by atoms with Crippen molar-refractivity contribution in [3.63, 3.8) is 0 Å². The average molecular weight is 145 g/mol. The molecule has 0 bridgehead atoms. The number of ether oxygens (including phenoxy) is 1. The quantitative estimate of drug-likeness (QED) is 0.574. The van der Waals surface area contributed by atoms with Crippen LogP contribution in [0.2, 0.25) is 0 Å². The van der Waals surface area contributed by atoms with Gasteiger partial charge in [-0.25, -0.2) is 0 Å². The molecule has 0 unspecified atom stereocenters. The van der Waals surface area contributed by atoms with Crippen LogP contribution in [0.5, 0.6) is 0 Å². The Hall–Kier alpha value is -0.660. The first-order valence-corrected chi connectivity index (χ1v) is 3.55. The smallest absolute Gasteiger partial charge is 0.177 e. The Bertz CT molecular complexity index is 91.9. The Morgan fingerprint density at radius 3 is 1.60 bits per heavy atom. The molecule has 2 nitrogen and oxygen atoms in total. The van der Waals surface area contributed by atoms with E-state index in [2.05, 4.69) is 6.58 Å². The zero-order chi connectivity index (χ0) is 8.78. The molecular weight excluding hydrogens is 126 g/mol. The van der Waals surface area contributed by atoms with Gasteiger partial charge in [-0.3, -0.25) is 0 Å². The Balaban J connectivity index is 0. The second-order valence-electron chi connectivity index (χ2n) is 2.68. The van der Waals surface area contributed by atoms with Crippen molar-refractivity contribution in [3.05, 3.63) is 12.5 Å². The van der Waals surface area contributed by atoms with E-state index in [-0.39, 0.29) is 11.5 Å². The topological polar surface area (TPSA) is 35.2 Å². The molecule has 0 atom stereocenters. The molecule has 0 aromatic carbocycles. The maximum absolute atomic E-state index is 5.16. The molecule has 0 saturated heterocycles. The molecule has 2 heteroatoms. The van der Waals surface area contributed by atoms with Crippen molar-refractivity contribution in [3.8, 4) is 0 Å². The van der Waals surface area contributed by atoms with Crippen molar-refractivity contribution >= 4 is 0 Å². The SMILES string of the molecule is C=C(N)OC(C)(C)C.CC. The molecule has 0 aromatic rings. The fourth-order valence-corrected chi connectivity index (χ4v) is 0.393. The minimum atomic E-state index is -0.203. The zero-order valence-electron chi connectivity index (χ0n) is 7.69. The van der Waals surface area contributed by atoms with Gasteiger partial charge in [0.15, 0.2) is 5.88 Å². The standard InChI is InChI=1S/C6H13NO.C2H6/c1-5(7)8-6(2,3)4;1-2/h1,7H2,2-4H3;1-2H3. The van der Waals surface area contributed by atoms with Crippen LogP contribution in [0, 0.1) is 0 Å². The van der Waals surface area contributed by atoms with E-state index in [9.17, 15) is 0 Å². The third kappa shape index (κ3) is 15.7. The molecular formula is C8H19NO. The van der Waals surface area contributed by atoms with E-state index in [1.165, 1.54) is 0 Å². The van der Waals surface area contributed by atoms with Crippen molar-refractivity contribution in [2.75, 3.05) is 0 Å². The highest BCUT2D eigenvalue weighted by atomic mass is 16.5. The summed E-state index contributed by atoms with van der Waals surface area (Å²) in [6.45, 7) is 13.2. The lowest BCUT2D eigenvalue weighted by Gasteiger charge is -2.19. The molecule has 0 heterocycles. The van der Waals surface area contributed by atoms with Gasteiger partial charge in [0.25, 0.3) is 0 Å². The van der Waals surface area contributed by atoms with Gasteiger partial charge in [0.1, 0.15) is 5.60 Å². The van der Waals surface area contributed by atoms with E-state index in [1.54, 1.807) is 0 Å². The van der Waals surface area contributed by atoms with E-state index >= 15 is 0 Å². The second-order valence-corrected chi connectivity index (χ2v) is 2.68. The van der Waals surface area contributed by atoms with Crippen LogP contribution < -0.4 is 5.73 Å². The van der Waals surface area contributed by atoms with E-state index in [1.807, 2.05) is 34.6 Å². The Morgan fingerprint density at radius 1 is 1.30 bits per heavy atom. The monoisotopic (exact) mass is 145 g/mol. The summed E-state index contributed by atoms with van der Waals surface area (Å²) in [4.78, 5) is 0. The van der Waals surface area contributed by atoms with Crippen LogP contribution in [-0.4, -0.2) is 5.60 Å². The van der Waals surface area contributed by atoms with Crippen molar-refractivity contribution in [1.82, 2.24) is 0 Å². The normalized spacial score (nSPS) is 9.30. The van der Waals surface area contributed by atoms with Gasteiger partial charge in [-0.2, -0.15) is 0 Å². The molecule has 0 fully saturated rings. The lowest BCUT2D eigenvalue weighted by Crippen LogP contribution is -2.21. The first-order valence-electron chi connectivity index (χ1n) is 3.55. The summed E-state index contributed by atoms with van der Waals surface area (Å²) in [5.41, 5.74) is 4.96. The maximum Gasteiger partial charge on any atom is 0.177 e. The molecule has 0 rings (SSSR count). The number of hydrogen-bond acceptors (Lipinski definition) is 2. The molecule has 10 heavy (non-hydrogen) atoms. The summed E-state index contributed by atoms with van der Waals surface area (Å²) in [6.07, 6.45) is 0. The lowest BCUT2D eigenvalue weighted by molar-refractivity contribution is 0.0515. The highest BCUT2D eigenvalue weighted by Crippen LogP contribution is 2.07. The summed E-state index contributed by atoms with van der Waals surface area (Å²) in [5.74, 6) is 0.275. The molecule has 62 valence electrons. The average Bonchev–Trinajstić information content (AvgIpc) is 1.64. The van der Waals surface area contributed by atoms with E-state index in [0.717, 1.165) is 0 Å². The molecule has 0 aromatic heterocycles. The zero-order valence-corrected chi connectivity index (χ0v) is 7.69. The number of hydrogen-bond donors (Lipinski definition) is 1. The Morgan fingerprint density at radius 2 is 1.60 bits per heavy atom. The van der Waals surface area contributed by atoms with Crippen LogP contribution in [0.1, 0.15) is 34.6 Å². The lowest BCUT2D eigenvalue weighted by atomic mass is 10.2. The number of rotatable bonds is 1. The molecule has 0 amide bonds. The summed E-state index contributed by atoms with van der Waals surface area (Å²) >= 11 is 0. The van der Waals surface area contributed by atoms with Gasteiger partial charge in [0.05, 0.1) is 0 Å². The predicted molar refractivity (Wildman–Crippen MR) is 45.5 cm³/mol. The van der Waals surface area contributed by atoms with Crippen LogP contribution in [0.15, 0.2) is 12.5 Å². The van der Waals surface area contributed by atoms with Crippen LogP contribution in [0.25, 0.3) is 0 Å². The van der Waals surface area contributed by atoms with Crippen molar-refractivity contribution in [2.45, 2.75) is 40.2 Å². The van der Waals surface area contributed by atoms with Gasteiger partial charge in [-0.15, -0.1) is 0 Å². The fraction of sp³-hybridized carbons (Fsp3) is 0.750. The molecule has 0 aliphatic rings. The van der Waals surface area contributed by atoms with Crippen LogP contribution in [0.3, 0.4) is 0 Å². The van der Waals surface area contributed by atoms with Gasteiger partial charge < -0.3 is 10.5 Å². The third-order valence-electron chi connectivity index (χ3n) is 0.437. The molecule has 0 aliphatic carbocycles. The van der Waals surface area contributed by atoms with Crippen molar-refractivity contribution in [1.29, 1.82) is 0 Å².